The number of aromatic nitrogens is 4. The van der Waals surface area contributed by atoms with Crippen LogP contribution in [0.5, 0.6) is 0 Å². The fourth-order valence-corrected chi connectivity index (χ4v) is 3.57. The lowest BCUT2D eigenvalue weighted by Gasteiger charge is -2.09. The second-order valence-electron chi connectivity index (χ2n) is 6.91. The number of carbonyl (C=O) groups excluding carboxylic acids is 1. The first-order valence-electron chi connectivity index (χ1n) is 9.74. The van der Waals surface area contributed by atoms with Crippen LogP contribution in [0.25, 0.3) is 11.0 Å². The van der Waals surface area contributed by atoms with Crippen molar-refractivity contribution in [3.8, 4) is 0 Å². The minimum absolute atomic E-state index is 0.00859. The molecule has 11 heteroatoms. The van der Waals surface area contributed by atoms with Crippen LogP contribution >= 0.6 is 0 Å². The van der Waals surface area contributed by atoms with Crippen molar-refractivity contribution in [2.75, 3.05) is 11.5 Å². The van der Waals surface area contributed by atoms with E-state index < -0.39 is 11.9 Å². The van der Waals surface area contributed by atoms with E-state index in [0.29, 0.717) is 13.1 Å². The number of nitrogens with two attached hydrogens (primary N) is 2. The van der Waals surface area contributed by atoms with Crippen molar-refractivity contribution in [3.63, 3.8) is 0 Å². The standard InChI is InChI=1S/C20H24N8O3/c1-4-27-12-7-6-11(20(30)31)8-13(12)28(5-2)14(27)9-24-19(29)16-18(23)26-17(22)15(25-16)10(3)21/h6-8H,4-5,9H2,1-3H3,(H6-,21,22,23,24,26,29,30,31)/p+1. The van der Waals surface area contributed by atoms with Crippen molar-refractivity contribution in [2.45, 2.75) is 40.4 Å². The maximum Gasteiger partial charge on any atom is 0.335 e. The molecule has 0 aliphatic rings. The van der Waals surface area contributed by atoms with Crippen LogP contribution in [-0.4, -0.2) is 37.2 Å². The summed E-state index contributed by atoms with van der Waals surface area (Å²) in [6, 6.07) is 4.95. The van der Waals surface area contributed by atoms with Crippen LogP contribution in [0.4, 0.5) is 11.6 Å². The number of nitrogens with one attached hydrogen (secondary N) is 2. The average Bonchev–Trinajstić information content (AvgIpc) is 3.03. The number of amides is 1. The van der Waals surface area contributed by atoms with Crippen LogP contribution < -0.4 is 21.4 Å². The molecule has 0 spiro atoms. The zero-order chi connectivity index (χ0) is 22.9. The number of aromatic carboxylic acids is 1. The maximum atomic E-state index is 12.8. The van der Waals surface area contributed by atoms with Crippen molar-refractivity contribution < 1.29 is 19.3 Å². The van der Waals surface area contributed by atoms with E-state index in [-0.39, 0.29) is 40.8 Å². The summed E-state index contributed by atoms with van der Waals surface area (Å²) in [5.74, 6) is -0.884. The molecular weight excluding hydrogens is 400 g/mol. The summed E-state index contributed by atoms with van der Waals surface area (Å²) in [5, 5.41) is 19.9. The Balaban J connectivity index is 1.99. The minimum atomic E-state index is -1.00. The zero-order valence-electron chi connectivity index (χ0n) is 17.6. The largest absolute Gasteiger partial charge is 0.478 e. The molecule has 0 aliphatic carbocycles. The number of benzene rings is 1. The van der Waals surface area contributed by atoms with Gasteiger partial charge < -0.3 is 27.3 Å². The van der Waals surface area contributed by atoms with E-state index in [4.69, 9.17) is 16.9 Å². The van der Waals surface area contributed by atoms with Gasteiger partial charge in [0.05, 0.1) is 24.4 Å². The molecule has 3 aromatic rings. The van der Waals surface area contributed by atoms with E-state index in [1.807, 2.05) is 23.0 Å². The highest BCUT2D eigenvalue weighted by Gasteiger charge is 2.26. The van der Waals surface area contributed by atoms with Gasteiger partial charge in [0.2, 0.25) is 0 Å². The van der Waals surface area contributed by atoms with E-state index in [1.54, 1.807) is 18.2 Å². The maximum absolute atomic E-state index is 12.8. The monoisotopic (exact) mass is 425 g/mol. The number of carboxylic acids is 1. The van der Waals surface area contributed by atoms with E-state index in [9.17, 15) is 14.7 Å². The molecule has 0 saturated heterocycles. The Morgan fingerprint density at radius 3 is 2.45 bits per heavy atom. The molecule has 0 aliphatic heterocycles. The van der Waals surface area contributed by atoms with Gasteiger partial charge in [0.25, 0.3) is 11.7 Å². The van der Waals surface area contributed by atoms with Crippen LogP contribution in [0.2, 0.25) is 0 Å². The quantitative estimate of drug-likeness (QED) is 0.276. The fraction of sp³-hybridized carbons (Fsp3) is 0.300. The summed E-state index contributed by atoms with van der Waals surface area (Å²) in [6.07, 6.45) is 0. The lowest BCUT2D eigenvalue weighted by Crippen LogP contribution is -2.40. The number of nitrogen functional groups attached to an aromatic ring is 2. The zero-order valence-corrected chi connectivity index (χ0v) is 17.6. The molecule has 0 radical (unpaired) electrons. The van der Waals surface area contributed by atoms with Crippen molar-refractivity contribution in [1.29, 1.82) is 5.41 Å². The number of fused-ring (bicyclic) bond motifs is 1. The minimum Gasteiger partial charge on any atom is -0.478 e. The van der Waals surface area contributed by atoms with Crippen LogP contribution in [0.3, 0.4) is 0 Å². The van der Waals surface area contributed by atoms with Crippen LogP contribution in [0.15, 0.2) is 18.2 Å². The van der Waals surface area contributed by atoms with Crippen LogP contribution in [0.1, 0.15) is 53.1 Å². The molecule has 3 rings (SSSR count). The average molecular weight is 425 g/mol. The normalized spacial score (nSPS) is 10.9. The third-order valence-electron chi connectivity index (χ3n) is 4.99. The summed E-state index contributed by atoms with van der Waals surface area (Å²) < 4.78 is 3.96. The first-order valence-corrected chi connectivity index (χ1v) is 9.74. The Hall–Kier alpha value is -4.02. The number of hydrogen-bond donors (Lipinski definition) is 5. The number of imidazole rings is 1. The molecule has 162 valence electrons. The number of aryl methyl sites for hydroxylation is 2. The molecule has 2 aromatic heterocycles. The first-order chi connectivity index (χ1) is 14.7. The summed E-state index contributed by atoms with van der Waals surface area (Å²) >= 11 is 0. The highest BCUT2D eigenvalue weighted by Crippen LogP contribution is 2.18. The Bertz CT molecular complexity index is 1220. The van der Waals surface area contributed by atoms with Gasteiger partial charge in [-0.25, -0.2) is 23.9 Å². The Labute approximate surface area is 178 Å². The number of hydrogen-bond acceptors (Lipinski definition) is 7. The molecule has 0 saturated carbocycles. The number of nitrogens with zero attached hydrogens (tertiary/aromatic N) is 4. The van der Waals surface area contributed by atoms with Crippen molar-refractivity contribution in [1.82, 2.24) is 19.9 Å². The lowest BCUT2D eigenvalue weighted by atomic mass is 10.2. The second-order valence-corrected chi connectivity index (χ2v) is 6.91. The molecule has 1 aromatic carbocycles. The summed E-state index contributed by atoms with van der Waals surface area (Å²) in [4.78, 5) is 32.2. The van der Waals surface area contributed by atoms with E-state index in [0.717, 1.165) is 16.9 Å². The van der Waals surface area contributed by atoms with Gasteiger partial charge in [0.15, 0.2) is 28.4 Å². The molecule has 0 unspecified atom stereocenters. The molecule has 0 atom stereocenters. The van der Waals surface area contributed by atoms with E-state index in [1.165, 1.54) is 6.92 Å². The Morgan fingerprint density at radius 2 is 1.87 bits per heavy atom. The second kappa shape index (κ2) is 8.38. The molecular formula is C20H25N8O3+. The Kier molecular flexibility index (Phi) is 5.86. The highest BCUT2D eigenvalue weighted by molar-refractivity contribution is 6.02. The van der Waals surface area contributed by atoms with Gasteiger partial charge in [-0.2, -0.15) is 0 Å². The van der Waals surface area contributed by atoms with Crippen molar-refractivity contribution in [3.05, 3.63) is 41.0 Å². The summed E-state index contributed by atoms with van der Waals surface area (Å²) in [6.45, 7) is 6.77. The molecule has 11 nitrogen and oxygen atoms in total. The molecule has 31 heavy (non-hydrogen) atoms. The molecule has 1 amide bonds. The Morgan fingerprint density at radius 1 is 1.19 bits per heavy atom. The molecule has 0 fully saturated rings. The van der Waals surface area contributed by atoms with Gasteiger partial charge in [-0.15, -0.1) is 0 Å². The van der Waals surface area contributed by atoms with Crippen molar-refractivity contribution >= 4 is 40.3 Å². The van der Waals surface area contributed by atoms with Gasteiger partial charge in [0, 0.05) is 6.07 Å². The number of rotatable bonds is 7. The molecule has 2 heterocycles. The SMILES string of the molecule is CCn1c(CNC(=O)c2nc(C(C)=N)c(N)nc2N)[n+](CC)c2ccc(C(=O)O)cc21. The lowest BCUT2D eigenvalue weighted by molar-refractivity contribution is -0.676. The number of carbonyl (C=O) groups is 2. The van der Waals surface area contributed by atoms with Gasteiger partial charge in [-0.05, 0) is 32.9 Å². The number of carboxylic acid groups (broad SMARTS) is 1. The van der Waals surface area contributed by atoms with Gasteiger partial charge >= 0.3 is 5.97 Å². The summed E-state index contributed by atoms with van der Waals surface area (Å²) in [7, 11) is 0. The first kappa shape index (κ1) is 21.7. The molecule has 7 N–H and O–H groups in total. The predicted octanol–water partition coefficient (Wildman–Crippen LogP) is 0.939. The third-order valence-corrected chi connectivity index (χ3v) is 4.99. The van der Waals surface area contributed by atoms with Crippen LogP contribution in [-0.2, 0) is 19.6 Å². The van der Waals surface area contributed by atoms with E-state index in [2.05, 4.69) is 15.3 Å². The predicted molar refractivity (Wildman–Crippen MR) is 115 cm³/mol. The van der Waals surface area contributed by atoms with Gasteiger partial charge in [0.1, 0.15) is 12.2 Å². The smallest absolute Gasteiger partial charge is 0.335 e. The molecule has 0 bridgehead atoms. The highest BCUT2D eigenvalue weighted by atomic mass is 16.4. The van der Waals surface area contributed by atoms with E-state index >= 15 is 0 Å². The third kappa shape index (κ3) is 3.89. The van der Waals surface area contributed by atoms with Gasteiger partial charge in [-0.3, -0.25) is 4.79 Å². The fourth-order valence-electron chi connectivity index (χ4n) is 3.57. The number of anilines is 2. The summed E-state index contributed by atoms with van der Waals surface area (Å²) in [5.41, 5.74) is 13.5. The van der Waals surface area contributed by atoms with Gasteiger partial charge in [-0.1, -0.05) is 0 Å². The topological polar surface area (TPSA) is 177 Å². The van der Waals surface area contributed by atoms with Crippen molar-refractivity contribution in [2.24, 2.45) is 0 Å². The van der Waals surface area contributed by atoms with Crippen LogP contribution in [0, 0.1) is 5.41 Å².